The van der Waals surface area contributed by atoms with E-state index >= 15 is 0 Å². The van der Waals surface area contributed by atoms with E-state index in [0.29, 0.717) is 16.8 Å². The minimum Gasteiger partial charge on any atom is -0.588 e. The topological polar surface area (TPSA) is 175 Å². The normalized spacial score (nSPS) is 16.1. The minimum atomic E-state index is -4.03. The first-order chi connectivity index (χ1) is 21.9. The Bertz CT molecular complexity index is 2170. The molecule has 3 N–H and O–H groups in total. The summed E-state index contributed by atoms with van der Waals surface area (Å²) < 4.78 is 30.8. The van der Waals surface area contributed by atoms with Crippen LogP contribution in [-0.2, 0) is 24.2 Å². The second-order valence-electron chi connectivity index (χ2n) is 10.9. The summed E-state index contributed by atoms with van der Waals surface area (Å²) in [5, 5.41) is 7.95. The van der Waals surface area contributed by atoms with Crippen molar-refractivity contribution in [2.75, 3.05) is 10.0 Å². The number of anilines is 2. The molecule has 1 fully saturated rings. The van der Waals surface area contributed by atoms with E-state index in [-0.39, 0.29) is 51.4 Å². The van der Waals surface area contributed by atoms with Gasteiger partial charge < -0.3 is 9.87 Å². The van der Waals surface area contributed by atoms with Crippen molar-refractivity contribution in [3.8, 4) is 11.3 Å². The van der Waals surface area contributed by atoms with Crippen LogP contribution in [0.4, 0.5) is 11.4 Å². The van der Waals surface area contributed by atoms with E-state index in [4.69, 9.17) is 0 Å². The number of amides is 3. The summed E-state index contributed by atoms with van der Waals surface area (Å²) in [6.07, 6.45) is 0.273. The lowest BCUT2D eigenvalue weighted by Crippen LogP contribution is -2.45. The minimum absolute atomic E-state index is 0.0886. The number of thiazole rings is 1. The van der Waals surface area contributed by atoms with Crippen LogP contribution in [0.5, 0.6) is 0 Å². The van der Waals surface area contributed by atoms with Crippen molar-refractivity contribution < 1.29 is 23.1 Å². The highest BCUT2D eigenvalue weighted by atomic mass is 32.3. The Labute approximate surface area is 268 Å². The molecule has 2 unspecified atom stereocenters. The number of hydrogen-bond acceptors (Lipinski definition) is 9. The number of nitrogens with zero attached hydrogens (tertiary/aromatic N) is 3. The molecule has 1 saturated heterocycles. The molecule has 3 amide bonds. The monoisotopic (exact) mass is 656 g/mol. The zero-order valence-electron chi connectivity index (χ0n) is 25.0. The lowest BCUT2D eigenvalue weighted by Gasteiger charge is -2.24. The highest BCUT2D eigenvalue weighted by Gasteiger charge is 2.31. The van der Waals surface area contributed by atoms with Gasteiger partial charge in [-0.05, 0) is 57.5 Å². The lowest BCUT2D eigenvalue weighted by molar-refractivity contribution is -0.135. The zero-order valence-corrected chi connectivity index (χ0v) is 26.6. The number of fused-ring (bicyclic) bond motifs is 1. The zero-order chi connectivity index (χ0) is 32.7. The first-order valence-electron chi connectivity index (χ1n) is 14.2. The molecule has 14 heteroatoms. The molecular weight excluding hydrogens is 629 g/mol. The number of benzene rings is 3. The molecule has 3 aromatic carbocycles. The third-order valence-corrected chi connectivity index (χ3v) is 9.94. The van der Waals surface area contributed by atoms with Crippen LogP contribution in [0.15, 0.2) is 75.7 Å². The van der Waals surface area contributed by atoms with Crippen LogP contribution in [0.2, 0.25) is 0 Å². The Morgan fingerprint density at radius 3 is 2.57 bits per heavy atom. The molecule has 0 radical (unpaired) electrons. The van der Waals surface area contributed by atoms with Crippen molar-refractivity contribution in [3.05, 3.63) is 98.4 Å². The Morgan fingerprint density at radius 1 is 1.04 bits per heavy atom. The van der Waals surface area contributed by atoms with Gasteiger partial charge in [-0.2, -0.15) is 0 Å². The standard InChI is InChI=1S/C32H28N6O6S2/c1-17-10-11-20(25-16-45-19(3)34-25)15-27(17)46(43,44)37-22-7-4-6-21(14-22)30(40)35-24-9-5-8-23-29(24)33-18(2)38(32(23)42)26-12-13-28(39)36-31(26)41/h4-11,14-16,26H,12-13H2,1-3H3,(H3-,35,36,37,39,40,41,43,44). The maximum absolute atomic E-state index is 13.5. The van der Waals surface area contributed by atoms with Gasteiger partial charge >= 0.3 is 0 Å². The van der Waals surface area contributed by atoms with Gasteiger partial charge in [-0.3, -0.25) is 29.1 Å². The smallest absolute Gasteiger partial charge is 0.262 e. The van der Waals surface area contributed by atoms with Crippen LogP contribution in [0.25, 0.3) is 22.2 Å². The molecule has 2 aromatic heterocycles. The number of hydrogen-bond donors (Lipinski definition) is 3. The molecule has 0 spiro atoms. The highest BCUT2D eigenvalue weighted by Crippen LogP contribution is 2.30. The van der Waals surface area contributed by atoms with Crippen molar-refractivity contribution >= 4 is 61.7 Å². The van der Waals surface area contributed by atoms with Crippen molar-refractivity contribution in [3.63, 3.8) is 0 Å². The number of carbonyl (C=O) groups excluding carboxylic acids is 3. The van der Waals surface area contributed by atoms with Gasteiger partial charge in [0.1, 0.15) is 17.4 Å². The van der Waals surface area contributed by atoms with Crippen LogP contribution in [-0.4, -0.2) is 36.8 Å². The van der Waals surface area contributed by atoms with E-state index in [1.165, 1.54) is 34.1 Å². The summed E-state index contributed by atoms with van der Waals surface area (Å²) in [6.45, 7) is 5.16. The SMILES string of the molecule is Cc1nc(-c2ccc(C)c([S+](=O)([O-])Nc3cccc(C(=O)Nc4cccc5c(=O)n(C6CCC(=O)NC6=O)c(C)nc45)c3)c2)cs1. The molecular formula is C32H28N6O6S2. The molecule has 5 aromatic rings. The molecule has 1 aliphatic heterocycles. The quantitative estimate of drug-likeness (QED) is 0.167. The molecule has 6 rings (SSSR count). The number of piperidine rings is 1. The van der Waals surface area contributed by atoms with E-state index in [1.54, 1.807) is 50.2 Å². The second kappa shape index (κ2) is 12.0. The fourth-order valence-electron chi connectivity index (χ4n) is 5.40. The molecule has 234 valence electrons. The molecule has 0 saturated carbocycles. The van der Waals surface area contributed by atoms with Gasteiger partial charge in [0.2, 0.25) is 11.8 Å². The summed E-state index contributed by atoms with van der Waals surface area (Å²) in [5.74, 6) is -1.28. The summed E-state index contributed by atoms with van der Waals surface area (Å²) in [5.41, 5.74) is 2.26. The summed E-state index contributed by atoms with van der Waals surface area (Å²) in [6, 6.07) is 15.0. The summed E-state index contributed by atoms with van der Waals surface area (Å²) >= 11 is 1.47. The lowest BCUT2D eigenvalue weighted by atomic mass is 10.1. The number of sulfonamides is 1. The van der Waals surface area contributed by atoms with Gasteiger partial charge in [-0.25, -0.2) is 14.7 Å². The van der Waals surface area contributed by atoms with Crippen molar-refractivity contribution in [1.82, 2.24) is 19.9 Å². The number of para-hydroxylation sites is 1. The molecule has 46 heavy (non-hydrogen) atoms. The molecule has 3 heterocycles. The highest BCUT2D eigenvalue weighted by molar-refractivity contribution is 7.99. The van der Waals surface area contributed by atoms with E-state index in [9.17, 15) is 27.9 Å². The van der Waals surface area contributed by atoms with Crippen LogP contribution < -0.4 is 20.9 Å². The number of rotatable bonds is 7. The van der Waals surface area contributed by atoms with E-state index < -0.39 is 39.7 Å². The van der Waals surface area contributed by atoms with E-state index in [2.05, 4.69) is 25.3 Å². The maximum Gasteiger partial charge on any atom is 0.262 e. The second-order valence-corrected chi connectivity index (χ2v) is 13.6. The number of imide groups is 1. The van der Waals surface area contributed by atoms with Gasteiger partial charge in [-0.15, -0.1) is 11.3 Å². The number of aromatic nitrogens is 3. The van der Waals surface area contributed by atoms with Crippen LogP contribution in [0.1, 0.15) is 45.6 Å². The Morgan fingerprint density at radius 2 is 1.83 bits per heavy atom. The molecule has 0 aliphatic carbocycles. The first-order valence-corrected chi connectivity index (χ1v) is 16.6. The predicted molar refractivity (Wildman–Crippen MR) is 174 cm³/mol. The Kier molecular flexibility index (Phi) is 8.10. The molecule has 0 bridgehead atoms. The van der Waals surface area contributed by atoms with Gasteiger partial charge in [0.05, 0.1) is 27.5 Å². The third kappa shape index (κ3) is 5.97. The van der Waals surface area contributed by atoms with Crippen LogP contribution >= 0.6 is 11.3 Å². The third-order valence-electron chi connectivity index (χ3n) is 7.65. The molecule has 1 aliphatic rings. The maximum atomic E-state index is 13.5. The van der Waals surface area contributed by atoms with Crippen molar-refractivity contribution in [2.24, 2.45) is 0 Å². The molecule has 12 nitrogen and oxygen atoms in total. The average Bonchev–Trinajstić information content (AvgIpc) is 3.44. The predicted octanol–water partition coefficient (Wildman–Crippen LogP) is 4.69. The fourth-order valence-corrected chi connectivity index (χ4v) is 7.34. The van der Waals surface area contributed by atoms with Crippen LogP contribution in [0, 0.1) is 20.8 Å². The van der Waals surface area contributed by atoms with Gasteiger partial charge in [0, 0.05) is 34.6 Å². The Hall–Kier alpha value is -5.05. The molecule has 2 atom stereocenters. The van der Waals surface area contributed by atoms with Crippen molar-refractivity contribution in [2.45, 2.75) is 44.6 Å². The van der Waals surface area contributed by atoms with Gasteiger partial charge in [0.25, 0.3) is 11.5 Å². The number of carbonyl (C=O) groups is 3. The van der Waals surface area contributed by atoms with Crippen LogP contribution in [0.3, 0.4) is 0 Å². The summed E-state index contributed by atoms with van der Waals surface area (Å²) in [4.78, 5) is 60.0. The van der Waals surface area contributed by atoms with E-state index in [1.807, 2.05) is 18.4 Å². The fraction of sp³-hybridized carbons (Fsp3) is 0.188. The van der Waals surface area contributed by atoms with Gasteiger partial charge in [0.15, 0.2) is 15.3 Å². The first kappa shape index (κ1) is 31.0. The Balaban J connectivity index is 1.26. The number of aryl methyl sites for hydroxylation is 3. The number of nitrogens with one attached hydrogen (secondary N) is 3. The summed E-state index contributed by atoms with van der Waals surface area (Å²) in [7, 11) is -4.03. The van der Waals surface area contributed by atoms with Gasteiger partial charge in [-0.1, -0.05) is 28.5 Å². The average molecular weight is 657 g/mol. The largest absolute Gasteiger partial charge is 0.588 e. The van der Waals surface area contributed by atoms with E-state index in [0.717, 1.165) is 5.01 Å². The van der Waals surface area contributed by atoms with Crippen molar-refractivity contribution in [1.29, 1.82) is 0 Å².